The number of fused-ring (bicyclic) bond motifs is 1. The molecule has 1 amide bonds. The standard InChI is InChI=1S/C23H34N6O2/c1-3-4-13-31-21(14-20-25-17-7-5-6-8-18(17)26-20)28-23(30)19-15-24-22(27-19)16-9-11-29(2)12-10-16/h5-8,15-16,20-21,25-26H,3-4,9-14H2,1-2H3,(H,24,27)(H,28,30). The smallest absolute Gasteiger partial charge is 0.271 e. The lowest BCUT2D eigenvalue weighted by atomic mass is 9.97. The Bertz CT molecular complexity index is 836. The number of benzene rings is 1. The molecule has 0 radical (unpaired) electrons. The van der Waals surface area contributed by atoms with Gasteiger partial charge in [0.1, 0.15) is 23.9 Å². The van der Waals surface area contributed by atoms with Crippen LogP contribution in [-0.4, -0.2) is 59.9 Å². The van der Waals surface area contributed by atoms with Crippen molar-refractivity contribution in [1.29, 1.82) is 0 Å². The molecule has 0 spiro atoms. The summed E-state index contributed by atoms with van der Waals surface area (Å²) >= 11 is 0. The molecule has 1 aromatic heterocycles. The predicted molar refractivity (Wildman–Crippen MR) is 122 cm³/mol. The van der Waals surface area contributed by atoms with E-state index in [0.29, 0.717) is 24.6 Å². The first-order valence-corrected chi connectivity index (χ1v) is 11.4. The highest BCUT2D eigenvalue weighted by Crippen LogP contribution is 2.29. The molecule has 0 saturated carbocycles. The maximum absolute atomic E-state index is 12.9. The third-order valence-corrected chi connectivity index (χ3v) is 6.09. The van der Waals surface area contributed by atoms with Crippen LogP contribution in [0.5, 0.6) is 0 Å². The highest BCUT2D eigenvalue weighted by atomic mass is 16.5. The Hall–Kier alpha value is -2.58. The second kappa shape index (κ2) is 10.2. The molecule has 4 N–H and O–H groups in total. The van der Waals surface area contributed by atoms with Crippen LogP contribution in [0.15, 0.2) is 30.5 Å². The number of carbonyl (C=O) groups is 1. The Morgan fingerprint density at radius 3 is 2.65 bits per heavy atom. The number of H-pyrrole nitrogens is 1. The quantitative estimate of drug-likeness (QED) is 0.363. The summed E-state index contributed by atoms with van der Waals surface area (Å²) in [6.07, 6.45) is 6.00. The van der Waals surface area contributed by atoms with E-state index < -0.39 is 6.23 Å². The van der Waals surface area contributed by atoms with Gasteiger partial charge >= 0.3 is 0 Å². The highest BCUT2D eigenvalue weighted by Gasteiger charge is 2.26. The molecular formula is C23H34N6O2. The summed E-state index contributed by atoms with van der Waals surface area (Å²) in [7, 11) is 2.14. The van der Waals surface area contributed by atoms with Crippen molar-refractivity contribution in [2.24, 2.45) is 0 Å². The minimum Gasteiger partial charge on any atom is -0.364 e. The number of amides is 1. The number of carbonyl (C=O) groups excluding carboxylic acids is 1. The first-order valence-electron chi connectivity index (χ1n) is 11.4. The Balaban J connectivity index is 1.35. The largest absolute Gasteiger partial charge is 0.364 e. The molecule has 2 aromatic rings. The summed E-state index contributed by atoms with van der Waals surface area (Å²) in [5, 5.41) is 9.95. The number of unbranched alkanes of at least 4 members (excludes halogenated alkanes) is 1. The number of rotatable bonds is 9. The molecule has 2 aliphatic rings. The topological polar surface area (TPSA) is 94.3 Å². The van der Waals surface area contributed by atoms with E-state index >= 15 is 0 Å². The average Bonchev–Trinajstić information content (AvgIpc) is 3.41. The van der Waals surface area contributed by atoms with Crippen LogP contribution in [0, 0.1) is 0 Å². The first kappa shape index (κ1) is 21.6. The molecule has 3 heterocycles. The van der Waals surface area contributed by atoms with Crippen LogP contribution in [0.25, 0.3) is 0 Å². The zero-order valence-corrected chi connectivity index (χ0v) is 18.5. The van der Waals surface area contributed by atoms with Gasteiger partial charge in [-0.25, -0.2) is 4.98 Å². The van der Waals surface area contributed by atoms with Crippen molar-refractivity contribution < 1.29 is 9.53 Å². The van der Waals surface area contributed by atoms with Crippen LogP contribution in [0.1, 0.15) is 61.3 Å². The van der Waals surface area contributed by atoms with Gasteiger partial charge in [0.15, 0.2) is 0 Å². The molecule has 8 nitrogen and oxygen atoms in total. The zero-order chi connectivity index (χ0) is 21.6. The van der Waals surface area contributed by atoms with Crippen LogP contribution in [0.4, 0.5) is 11.4 Å². The van der Waals surface area contributed by atoms with Gasteiger partial charge in [0, 0.05) is 18.9 Å². The lowest BCUT2D eigenvalue weighted by molar-refractivity contribution is 0.0203. The van der Waals surface area contributed by atoms with E-state index in [-0.39, 0.29) is 12.1 Å². The lowest BCUT2D eigenvalue weighted by Crippen LogP contribution is -2.42. The Morgan fingerprint density at radius 1 is 1.26 bits per heavy atom. The van der Waals surface area contributed by atoms with Crippen LogP contribution < -0.4 is 16.0 Å². The number of imidazole rings is 1. The number of aromatic amines is 1. The molecular weight excluding hydrogens is 392 g/mol. The Kier molecular flexibility index (Phi) is 7.09. The van der Waals surface area contributed by atoms with Crippen molar-refractivity contribution in [2.45, 2.75) is 57.3 Å². The van der Waals surface area contributed by atoms with Crippen molar-refractivity contribution in [3.05, 3.63) is 42.0 Å². The van der Waals surface area contributed by atoms with Gasteiger partial charge in [-0.1, -0.05) is 25.5 Å². The van der Waals surface area contributed by atoms with Gasteiger partial charge in [0.05, 0.1) is 17.6 Å². The minimum absolute atomic E-state index is 0.000817. The fourth-order valence-electron chi connectivity index (χ4n) is 4.18. The molecule has 1 aromatic carbocycles. The van der Waals surface area contributed by atoms with E-state index in [9.17, 15) is 4.79 Å². The second-order valence-corrected chi connectivity index (χ2v) is 8.57. The van der Waals surface area contributed by atoms with E-state index in [1.165, 1.54) is 0 Å². The Labute approximate surface area is 184 Å². The molecule has 1 unspecified atom stereocenters. The van der Waals surface area contributed by atoms with Gasteiger partial charge < -0.3 is 30.6 Å². The molecule has 1 fully saturated rings. The van der Waals surface area contributed by atoms with E-state index in [1.54, 1.807) is 6.20 Å². The Morgan fingerprint density at radius 2 is 1.97 bits per heavy atom. The van der Waals surface area contributed by atoms with Gasteiger partial charge in [0.2, 0.25) is 0 Å². The van der Waals surface area contributed by atoms with Crippen LogP contribution in [-0.2, 0) is 4.74 Å². The number of piperidine rings is 1. The fourth-order valence-corrected chi connectivity index (χ4v) is 4.18. The van der Waals surface area contributed by atoms with Crippen molar-refractivity contribution in [3.63, 3.8) is 0 Å². The maximum Gasteiger partial charge on any atom is 0.271 e. The fraction of sp³-hybridized carbons (Fsp3) is 0.565. The number of hydrogen-bond donors (Lipinski definition) is 4. The summed E-state index contributed by atoms with van der Waals surface area (Å²) in [6.45, 7) is 4.86. The molecule has 2 aliphatic heterocycles. The maximum atomic E-state index is 12.9. The van der Waals surface area contributed by atoms with E-state index in [4.69, 9.17) is 4.74 Å². The second-order valence-electron chi connectivity index (χ2n) is 8.57. The summed E-state index contributed by atoms with van der Waals surface area (Å²) in [4.78, 5) is 23.0. The van der Waals surface area contributed by atoms with Crippen molar-refractivity contribution in [2.75, 3.05) is 37.4 Å². The number of hydrogen-bond acceptors (Lipinski definition) is 6. The molecule has 1 saturated heterocycles. The van der Waals surface area contributed by atoms with E-state index in [1.807, 2.05) is 24.3 Å². The molecule has 0 bridgehead atoms. The average molecular weight is 427 g/mol. The highest BCUT2D eigenvalue weighted by molar-refractivity contribution is 5.92. The van der Waals surface area contributed by atoms with Gasteiger partial charge in [0.25, 0.3) is 5.91 Å². The number of ether oxygens (including phenoxy) is 1. The van der Waals surface area contributed by atoms with Gasteiger partial charge in [-0.2, -0.15) is 0 Å². The molecule has 31 heavy (non-hydrogen) atoms. The third kappa shape index (κ3) is 5.57. The number of aromatic nitrogens is 2. The lowest BCUT2D eigenvalue weighted by Gasteiger charge is -2.27. The number of nitrogens with zero attached hydrogens (tertiary/aromatic N) is 2. The minimum atomic E-state index is -0.395. The van der Waals surface area contributed by atoms with Crippen molar-refractivity contribution >= 4 is 17.3 Å². The summed E-state index contributed by atoms with van der Waals surface area (Å²) < 4.78 is 6.02. The number of nitrogens with one attached hydrogen (secondary N) is 4. The summed E-state index contributed by atoms with van der Waals surface area (Å²) in [5.74, 6) is 1.12. The predicted octanol–water partition coefficient (Wildman–Crippen LogP) is 3.35. The van der Waals surface area contributed by atoms with Gasteiger partial charge in [-0.05, 0) is 51.5 Å². The first-order chi connectivity index (χ1) is 15.1. The molecule has 8 heteroatoms. The molecule has 1 atom stereocenters. The van der Waals surface area contributed by atoms with Crippen LogP contribution in [0.3, 0.4) is 0 Å². The van der Waals surface area contributed by atoms with E-state index in [2.05, 4.69) is 44.8 Å². The SMILES string of the molecule is CCCCOC(CC1Nc2ccccc2N1)NC(=O)c1cnc(C2CCN(C)CC2)[nH]1. The summed E-state index contributed by atoms with van der Waals surface area (Å²) in [5.41, 5.74) is 2.64. The molecule has 168 valence electrons. The van der Waals surface area contributed by atoms with Crippen molar-refractivity contribution in [1.82, 2.24) is 20.2 Å². The number of likely N-dealkylation sites (tertiary alicyclic amines) is 1. The van der Waals surface area contributed by atoms with Gasteiger partial charge in [-0.3, -0.25) is 4.79 Å². The molecule has 4 rings (SSSR count). The monoisotopic (exact) mass is 426 g/mol. The zero-order valence-electron chi connectivity index (χ0n) is 18.5. The number of para-hydroxylation sites is 2. The third-order valence-electron chi connectivity index (χ3n) is 6.09. The van der Waals surface area contributed by atoms with Crippen LogP contribution in [0.2, 0.25) is 0 Å². The van der Waals surface area contributed by atoms with Gasteiger partial charge in [-0.15, -0.1) is 0 Å². The van der Waals surface area contributed by atoms with Crippen molar-refractivity contribution in [3.8, 4) is 0 Å². The summed E-state index contributed by atoms with van der Waals surface area (Å²) in [6, 6.07) is 8.10. The number of anilines is 2. The normalized spacial score (nSPS) is 18.3. The van der Waals surface area contributed by atoms with E-state index in [0.717, 1.165) is 56.0 Å². The molecule has 0 aliphatic carbocycles. The van der Waals surface area contributed by atoms with Crippen LogP contribution >= 0.6 is 0 Å².